The van der Waals surface area contributed by atoms with Crippen molar-refractivity contribution in [1.82, 2.24) is 15.4 Å². The summed E-state index contributed by atoms with van der Waals surface area (Å²) in [6, 6.07) is 7.02. The van der Waals surface area contributed by atoms with Gasteiger partial charge in [-0.1, -0.05) is 17.7 Å². The van der Waals surface area contributed by atoms with E-state index in [-0.39, 0.29) is 5.96 Å². The third kappa shape index (κ3) is 2.69. The Labute approximate surface area is 114 Å². The molecule has 0 saturated heterocycles. The van der Waals surface area contributed by atoms with Gasteiger partial charge in [0, 0.05) is 23.0 Å². The number of nitrogens with zero attached hydrogens (tertiary/aromatic N) is 1. The maximum atomic E-state index is 11.9. The Kier molecular flexibility index (Phi) is 3.73. The fourth-order valence-electron chi connectivity index (χ4n) is 1.59. The number of benzene rings is 1. The zero-order valence-electron chi connectivity index (χ0n) is 10.5. The Bertz CT molecular complexity index is 638. The van der Waals surface area contributed by atoms with E-state index in [1.165, 1.54) is 14.2 Å². The molecule has 0 atom stereocenters. The van der Waals surface area contributed by atoms with E-state index in [2.05, 4.69) is 10.3 Å². The highest BCUT2D eigenvalue weighted by molar-refractivity contribution is 6.35. The SMILES string of the molecule is CON(C)C(=N)NC(=O)c1cc2c(Cl)cccc2[nH]1. The minimum absolute atomic E-state index is 0.155. The summed E-state index contributed by atoms with van der Waals surface area (Å²) in [5.41, 5.74) is 1.10. The number of amides is 1. The van der Waals surface area contributed by atoms with E-state index < -0.39 is 5.91 Å². The number of H-pyrrole nitrogens is 1. The molecule has 0 saturated carbocycles. The summed E-state index contributed by atoms with van der Waals surface area (Å²) < 4.78 is 0. The highest BCUT2D eigenvalue weighted by Gasteiger charge is 2.14. The van der Waals surface area contributed by atoms with Gasteiger partial charge in [0.15, 0.2) is 0 Å². The molecule has 0 aliphatic carbocycles. The summed E-state index contributed by atoms with van der Waals surface area (Å²) >= 11 is 6.03. The molecule has 7 heteroatoms. The van der Waals surface area contributed by atoms with Gasteiger partial charge >= 0.3 is 0 Å². The smallest absolute Gasteiger partial charge is 0.274 e. The third-order valence-corrected chi connectivity index (χ3v) is 3.01. The van der Waals surface area contributed by atoms with Crippen molar-refractivity contribution < 1.29 is 9.63 Å². The molecular weight excluding hydrogens is 268 g/mol. The zero-order valence-corrected chi connectivity index (χ0v) is 11.2. The van der Waals surface area contributed by atoms with Gasteiger partial charge in [-0.05, 0) is 18.2 Å². The molecule has 6 nitrogen and oxygen atoms in total. The average Bonchev–Trinajstić information content (AvgIpc) is 2.83. The van der Waals surface area contributed by atoms with Gasteiger partial charge < -0.3 is 4.98 Å². The van der Waals surface area contributed by atoms with Crippen LogP contribution in [0.15, 0.2) is 24.3 Å². The summed E-state index contributed by atoms with van der Waals surface area (Å²) in [6.45, 7) is 0. The fourth-order valence-corrected chi connectivity index (χ4v) is 1.81. The lowest BCUT2D eigenvalue weighted by molar-refractivity contribution is -0.0455. The summed E-state index contributed by atoms with van der Waals surface area (Å²) in [5.74, 6) is -0.585. The van der Waals surface area contributed by atoms with E-state index in [1.54, 1.807) is 18.2 Å². The van der Waals surface area contributed by atoms with E-state index in [0.717, 1.165) is 16.0 Å². The number of hydrogen-bond acceptors (Lipinski definition) is 3. The minimum atomic E-state index is -0.429. The maximum absolute atomic E-state index is 11.9. The number of nitrogens with one attached hydrogen (secondary N) is 3. The number of aromatic amines is 1. The molecule has 0 bridgehead atoms. The molecule has 2 aromatic rings. The molecule has 1 amide bonds. The lowest BCUT2D eigenvalue weighted by atomic mass is 10.2. The molecule has 1 heterocycles. The minimum Gasteiger partial charge on any atom is -0.350 e. The van der Waals surface area contributed by atoms with Gasteiger partial charge in [-0.15, -0.1) is 0 Å². The molecule has 0 aliphatic heterocycles. The number of carbonyl (C=O) groups excluding carboxylic acids is 1. The van der Waals surface area contributed by atoms with Gasteiger partial charge in [-0.25, -0.2) is 5.06 Å². The van der Waals surface area contributed by atoms with Crippen LogP contribution in [-0.4, -0.2) is 36.1 Å². The second kappa shape index (κ2) is 5.29. The Hall–Kier alpha value is -2.05. The fraction of sp³-hybridized carbons (Fsp3) is 0.167. The zero-order chi connectivity index (χ0) is 14.0. The van der Waals surface area contributed by atoms with Crippen LogP contribution in [0.1, 0.15) is 10.5 Å². The maximum Gasteiger partial charge on any atom is 0.274 e. The van der Waals surface area contributed by atoms with E-state index in [0.29, 0.717) is 10.7 Å². The largest absolute Gasteiger partial charge is 0.350 e. The van der Waals surface area contributed by atoms with Crippen molar-refractivity contribution in [1.29, 1.82) is 5.41 Å². The van der Waals surface area contributed by atoms with Crippen LogP contribution < -0.4 is 5.32 Å². The molecule has 0 unspecified atom stereocenters. The first-order chi connectivity index (χ1) is 9.02. The standard InChI is InChI=1S/C12H13ClN4O2/c1-17(19-2)12(14)16-11(18)10-6-7-8(13)4-3-5-9(7)15-10/h3-6,15H,1-2H3,(H2,14,16,18). The molecule has 0 aliphatic rings. The first-order valence-corrected chi connectivity index (χ1v) is 5.85. The highest BCUT2D eigenvalue weighted by Crippen LogP contribution is 2.23. The van der Waals surface area contributed by atoms with Crippen molar-refractivity contribution in [2.45, 2.75) is 0 Å². The number of hydrogen-bond donors (Lipinski definition) is 3. The van der Waals surface area contributed by atoms with Gasteiger partial charge in [-0.2, -0.15) is 0 Å². The molecule has 1 aromatic heterocycles. The lowest BCUT2D eigenvalue weighted by Gasteiger charge is -2.16. The van der Waals surface area contributed by atoms with Crippen LogP contribution in [0.4, 0.5) is 0 Å². The summed E-state index contributed by atoms with van der Waals surface area (Å²) in [4.78, 5) is 19.7. The van der Waals surface area contributed by atoms with Crippen LogP contribution in [0.25, 0.3) is 10.9 Å². The summed E-state index contributed by atoms with van der Waals surface area (Å²) in [5, 5.41) is 12.4. The first kappa shape index (κ1) is 13.4. The molecule has 1 aromatic carbocycles. The molecule has 2 rings (SSSR count). The molecule has 0 radical (unpaired) electrons. The van der Waals surface area contributed by atoms with Crippen LogP contribution in [0.2, 0.25) is 5.02 Å². The quantitative estimate of drug-likeness (QED) is 0.447. The second-order valence-corrected chi connectivity index (χ2v) is 4.27. The van der Waals surface area contributed by atoms with Crippen LogP contribution in [0.3, 0.4) is 0 Å². The van der Waals surface area contributed by atoms with E-state index in [9.17, 15) is 4.79 Å². The van der Waals surface area contributed by atoms with Gasteiger partial charge in [0.05, 0.1) is 7.11 Å². The van der Waals surface area contributed by atoms with E-state index in [4.69, 9.17) is 21.8 Å². The van der Waals surface area contributed by atoms with Crippen molar-refractivity contribution in [3.8, 4) is 0 Å². The topological polar surface area (TPSA) is 81.2 Å². The van der Waals surface area contributed by atoms with Crippen LogP contribution in [0, 0.1) is 5.41 Å². The molecular formula is C12H13ClN4O2. The molecule has 0 spiro atoms. The van der Waals surface area contributed by atoms with Gasteiger partial charge in [0.25, 0.3) is 5.91 Å². The summed E-state index contributed by atoms with van der Waals surface area (Å²) in [6.07, 6.45) is 0. The highest BCUT2D eigenvalue weighted by atomic mass is 35.5. The van der Waals surface area contributed by atoms with Gasteiger partial charge in [-0.3, -0.25) is 20.4 Å². The van der Waals surface area contributed by atoms with Crippen molar-refractivity contribution in [2.75, 3.05) is 14.2 Å². The lowest BCUT2D eigenvalue weighted by Crippen LogP contribution is -2.40. The Morgan fingerprint density at radius 1 is 1.53 bits per heavy atom. The Balaban J connectivity index is 2.23. The monoisotopic (exact) mass is 280 g/mol. The van der Waals surface area contributed by atoms with Crippen molar-refractivity contribution >= 4 is 34.4 Å². The first-order valence-electron chi connectivity index (χ1n) is 5.48. The van der Waals surface area contributed by atoms with Gasteiger partial charge in [0.1, 0.15) is 5.69 Å². The molecule has 100 valence electrons. The van der Waals surface area contributed by atoms with Crippen LogP contribution in [-0.2, 0) is 4.84 Å². The predicted molar refractivity (Wildman–Crippen MR) is 73.3 cm³/mol. The van der Waals surface area contributed by atoms with Crippen molar-refractivity contribution in [2.24, 2.45) is 0 Å². The number of aromatic nitrogens is 1. The number of fused-ring (bicyclic) bond motifs is 1. The number of hydroxylamine groups is 2. The molecule has 19 heavy (non-hydrogen) atoms. The number of halogens is 1. The molecule has 3 N–H and O–H groups in total. The average molecular weight is 281 g/mol. The molecule has 0 fully saturated rings. The summed E-state index contributed by atoms with van der Waals surface area (Å²) in [7, 11) is 2.92. The van der Waals surface area contributed by atoms with E-state index >= 15 is 0 Å². The third-order valence-electron chi connectivity index (χ3n) is 2.68. The van der Waals surface area contributed by atoms with Crippen molar-refractivity contribution in [3.63, 3.8) is 0 Å². The predicted octanol–water partition coefficient (Wildman–Crippen LogP) is 1.98. The second-order valence-electron chi connectivity index (χ2n) is 3.87. The van der Waals surface area contributed by atoms with E-state index in [1.807, 2.05) is 6.07 Å². The van der Waals surface area contributed by atoms with Crippen LogP contribution in [0.5, 0.6) is 0 Å². The Morgan fingerprint density at radius 3 is 2.89 bits per heavy atom. The van der Waals surface area contributed by atoms with Gasteiger partial charge in [0.2, 0.25) is 5.96 Å². The normalized spacial score (nSPS) is 10.5. The van der Waals surface area contributed by atoms with Crippen LogP contribution >= 0.6 is 11.6 Å². The number of carbonyl (C=O) groups is 1. The Morgan fingerprint density at radius 2 is 2.26 bits per heavy atom. The van der Waals surface area contributed by atoms with Crippen molar-refractivity contribution in [3.05, 3.63) is 35.0 Å². The number of guanidine groups is 1. The number of rotatable bonds is 2.